The van der Waals surface area contributed by atoms with Crippen molar-refractivity contribution in [2.75, 3.05) is 41.2 Å². The second-order valence-electron chi connectivity index (χ2n) is 4.72. The van der Waals surface area contributed by atoms with Crippen LogP contribution in [0.15, 0.2) is 36.4 Å². The molecular weight excluding hydrogens is 367 g/mol. The topological polar surface area (TPSA) is 66.4 Å². The Morgan fingerprint density at radius 3 is 1.78 bits per heavy atom. The molecule has 2 aromatic rings. The summed E-state index contributed by atoms with van der Waals surface area (Å²) in [4.78, 5) is 0. The minimum atomic E-state index is 0.137. The summed E-state index contributed by atoms with van der Waals surface area (Å²) in [5, 5.41) is 9.28. The third-order valence-electron chi connectivity index (χ3n) is 3.14. The van der Waals surface area contributed by atoms with E-state index >= 15 is 0 Å². The summed E-state index contributed by atoms with van der Waals surface area (Å²) in [5.41, 5.74) is 0. The Kier molecular flexibility index (Phi) is 12.4. The van der Waals surface area contributed by atoms with Gasteiger partial charge in [0.05, 0.1) is 35.8 Å². The van der Waals surface area contributed by atoms with Crippen LogP contribution in [0.4, 0.5) is 0 Å². The van der Waals surface area contributed by atoms with Gasteiger partial charge >= 0.3 is 0 Å². The molecule has 0 saturated carbocycles. The minimum absolute atomic E-state index is 0.137. The zero-order valence-corrected chi connectivity index (χ0v) is 17.9. The lowest BCUT2D eigenvalue weighted by atomic mass is 10.3. The largest absolute Gasteiger partial charge is 0.504 e. The van der Waals surface area contributed by atoms with Crippen molar-refractivity contribution >= 4 is 9.18 Å². The first-order valence-corrected chi connectivity index (χ1v) is 9.44. The van der Waals surface area contributed by atoms with Crippen LogP contribution in [0.5, 0.6) is 34.5 Å². The standard InChI is InChI=1S/C10H14O3.C9H12O3.CH5P/c1-4-13-10-7-8(11-2)5-6-9(10)12-3;1-3-12-9-6-7(11-2)4-5-8(9)10;1-2/h5-7H,4H2,1-3H3;4-6,10H,3H2,1-2H3;2H2,1H3/i;;2T. The van der Waals surface area contributed by atoms with Gasteiger partial charge < -0.3 is 28.8 Å². The van der Waals surface area contributed by atoms with Crippen molar-refractivity contribution in [1.29, 1.82) is 1.28 Å². The van der Waals surface area contributed by atoms with Crippen molar-refractivity contribution in [1.82, 2.24) is 0 Å². The highest BCUT2D eigenvalue weighted by Gasteiger charge is 2.04. The number of methoxy groups -OCH3 is 3. The lowest BCUT2D eigenvalue weighted by Crippen LogP contribution is -1.95. The Morgan fingerprint density at radius 2 is 1.30 bits per heavy atom. The van der Waals surface area contributed by atoms with Gasteiger partial charge in [0.1, 0.15) is 11.5 Å². The number of phenols is 1. The summed E-state index contributed by atoms with van der Waals surface area (Å²) < 4.78 is 31.9. The number of hydrogen-bond donors (Lipinski definition) is 1. The first kappa shape index (κ1) is 22.7. The fourth-order valence-electron chi connectivity index (χ4n) is 1.94. The predicted octanol–water partition coefficient (Wildman–Crippen LogP) is 4.39. The fourth-order valence-corrected chi connectivity index (χ4v) is 1.94. The fraction of sp³-hybridized carbons (Fsp3) is 0.400. The van der Waals surface area contributed by atoms with E-state index in [1.807, 2.05) is 38.7 Å². The Morgan fingerprint density at radius 1 is 0.815 bits per heavy atom. The number of aromatic hydroxyl groups is 1. The zero-order chi connectivity index (χ0) is 21.4. The molecule has 2 rings (SSSR count). The van der Waals surface area contributed by atoms with Crippen LogP contribution in [0.3, 0.4) is 0 Å². The van der Waals surface area contributed by atoms with Crippen LogP contribution in [0, 0.1) is 0 Å². The number of benzene rings is 2. The summed E-state index contributed by atoms with van der Waals surface area (Å²) in [6.07, 6.45) is 0. The Bertz CT molecular complexity index is 669. The van der Waals surface area contributed by atoms with E-state index in [-0.39, 0.29) is 5.75 Å². The summed E-state index contributed by atoms with van der Waals surface area (Å²) in [7, 11) is 5.14. The average Bonchev–Trinajstić information content (AvgIpc) is 2.71. The number of phenolic OH excluding ortho intramolecular Hbond substituents is 1. The molecule has 0 aliphatic carbocycles. The van der Waals surface area contributed by atoms with E-state index < -0.39 is 0 Å². The van der Waals surface area contributed by atoms with Crippen molar-refractivity contribution in [2.45, 2.75) is 13.8 Å². The Hall–Kier alpha value is -2.33. The molecule has 0 amide bonds. The van der Waals surface area contributed by atoms with Crippen LogP contribution in [0.1, 0.15) is 13.8 Å². The van der Waals surface area contributed by atoms with E-state index in [0.717, 1.165) is 11.5 Å². The van der Waals surface area contributed by atoms with Crippen LogP contribution in [0.2, 0.25) is 0 Å². The van der Waals surface area contributed by atoms with Gasteiger partial charge in [-0.3, -0.25) is 0 Å². The molecule has 27 heavy (non-hydrogen) atoms. The highest BCUT2D eigenvalue weighted by molar-refractivity contribution is 7.15. The Labute approximate surface area is 165 Å². The van der Waals surface area contributed by atoms with Gasteiger partial charge in [0, 0.05) is 12.1 Å². The summed E-state index contributed by atoms with van der Waals surface area (Å²) in [6, 6.07) is 10.3. The lowest BCUT2D eigenvalue weighted by Gasteiger charge is -2.10. The van der Waals surface area contributed by atoms with Crippen LogP contribution >= 0.6 is 9.18 Å². The maximum Gasteiger partial charge on any atom is 0.164 e. The maximum atomic E-state index is 9.28. The molecule has 0 aliphatic rings. The van der Waals surface area contributed by atoms with E-state index in [1.165, 1.54) is 0 Å². The van der Waals surface area contributed by atoms with E-state index in [2.05, 4.69) is 0 Å². The average molecular weight is 400 g/mol. The van der Waals surface area contributed by atoms with Crippen LogP contribution in [-0.2, 0) is 0 Å². The quantitative estimate of drug-likeness (QED) is 0.695. The molecule has 0 radical (unpaired) electrons. The molecule has 1 N–H and O–H groups in total. The van der Waals surface area contributed by atoms with E-state index in [1.54, 1.807) is 39.5 Å². The smallest absolute Gasteiger partial charge is 0.164 e. The van der Waals surface area contributed by atoms with Crippen LogP contribution in [0.25, 0.3) is 0 Å². The lowest BCUT2D eigenvalue weighted by molar-refractivity contribution is 0.307. The van der Waals surface area contributed by atoms with E-state index in [0.29, 0.717) is 39.6 Å². The van der Waals surface area contributed by atoms with Gasteiger partial charge in [0.15, 0.2) is 23.0 Å². The van der Waals surface area contributed by atoms with Crippen molar-refractivity contribution in [2.24, 2.45) is 0 Å². The molecule has 0 aliphatic heterocycles. The molecule has 1 atom stereocenters. The second kappa shape index (κ2) is 14.8. The second-order valence-corrected chi connectivity index (χ2v) is 4.72. The molecule has 2 aromatic carbocycles. The van der Waals surface area contributed by atoms with Crippen molar-refractivity contribution in [3.8, 4) is 34.5 Å². The predicted molar refractivity (Wildman–Crippen MR) is 112 cm³/mol. The third kappa shape index (κ3) is 8.74. The Balaban J connectivity index is 0.000000458. The van der Waals surface area contributed by atoms with Gasteiger partial charge in [-0.15, -0.1) is 9.18 Å². The van der Waals surface area contributed by atoms with Crippen LogP contribution < -0.4 is 23.7 Å². The molecule has 0 spiro atoms. The summed E-state index contributed by atoms with van der Waals surface area (Å²) >= 11 is 0. The normalized spacial score (nSPS) is 9.93. The first-order chi connectivity index (χ1) is 13.5. The molecule has 7 heteroatoms. The van der Waals surface area contributed by atoms with E-state index in [4.69, 9.17) is 25.0 Å². The van der Waals surface area contributed by atoms with Gasteiger partial charge in [-0.1, -0.05) is 6.66 Å². The summed E-state index contributed by atoms with van der Waals surface area (Å²) in [6.45, 7) is 6.75. The minimum Gasteiger partial charge on any atom is -0.504 e. The SMILES string of the molecule is CCOc1cc(OC)ccc1O.CCOc1cc(OC)ccc1OC.[3H]PC. The molecule has 152 valence electrons. The van der Waals surface area contributed by atoms with Gasteiger partial charge in [-0.25, -0.2) is 0 Å². The van der Waals surface area contributed by atoms with Gasteiger partial charge in [0.25, 0.3) is 0 Å². The third-order valence-corrected chi connectivity index (χ3v) is 3.14. The highest BCUT2D eigenvalue weighted by Crippen LogP contribution is 2.31. The first-order valence-electron chi connectivity index (χ1n) is 8.94. The number of ether oxygens (including phenoxy) is 5. The molecule has 0 heterocycles. The molecule has 0 fully saturated rings. The molecule has 0 aromatic heterocycles. The molecule has 0 saturated heterocycles. The molecule has 1 unspecified atom stereocenters. The van der Waals surface area contributed by atoms with Crippen LogP contribution in [-0.4, -0.2) is 47.6 Å². The van der Waals surface area contributed by atoms with Crippen molar-refractivity contribution in [3.63, 3.8) is 0 Å². The van der Waals surface area contributed by atoms with Gasteiger partial charge in [0.2, 0.25) is 0 Å². The molecule has 0 bridgehead atoms. The maximum absolute atomic E-state index is 9.28. The number of rotatable bonds is 7. The zero-order valence-electron chi connectivity index (χ0n) is 17.9. The van der Waals surface area contributed by atoms with Crippen molar-refractivity contribution < 1.29 is 28.8 Å². The van der Waals surface area contributed by atoms with E-state index in [9.17, 15) is 5.11 Å². The van der Waals surface area contributed by atoms with Gasteiger partial charge in [-0.2, -0.15) is 0 Å². The monoisotopic (exact) mass is 400 g/mol. The summed E-state index contributed by atoms with van der Waals surface area (Å²) in [5.74, 6) is 3.47. The van der Waals surface area contributed by atoms with Crippen molar-refractivity contribution in [3.05, 3.63) is 36.4 Å². The molecule has 6 nitrogen and oxygen atoms in total. The van der Waals surface area contributed by atoms with Gasteiger partial charge in [-0.05, 0) is 38.1 Å². The number of hydrogen-bond acceptors (Lipinski definition) is 6. The highest BCUT2D eigenvalue weighted by atomic mass is 31.0. The molecular formula is C20H31O6P.